The van der Waals surface area contributed by atoms with Gasteiger partial charge in [0, 0.05) is 0 Å². The van der Waals surface area contributed by atoms with E-state index in [1.165, 1.54) is 7.11 Å². The lowest BCUT2D eigenvalue weighted by Gasteiger charge is -2.00. The van der Waals surface area contributed by atoms with Gasteiger partial charge in [-0.1, -0.05) is 6.92 Å². The molecule has 0 aliphatic rings. The third-order valence-electron chi connectivity index (χ3n) is 0.988. The molecule has 0 aromatic carbocycles. The maximum atomic E-state index is 10.5. The molecule has 0 unspecified atom stereocenters. The molecule has 11 heavy (non-hydrogen) atoms. The van der Waals surface area contributed by atoms with Gasteiger partial charge in [-0.2, -0.15) is 0 Å². The number of hydrogen-bond donors (Lipinski definition) is 0. The van der Waals surface area contributed by atoms with Crippen LogP contribution in [0, 0.1) is 0 Å². The van der Waals surface area contributed by atoms with Crippen LogP contribution in [0.4, 0.5) is 0 Å². The van der Waals surface area contributed by atoms with Crippen LogP contribution in [0.2, 0.25) is 0 Å². The van der Waals surface area contributed by atoms with Gasteiger partial charge >= 0.3 is 5.97 Å². The van der Waals surface area contributed by atoms with Crippen molar-refractivity contribution in [3.63, 3.8) is 0 Å². The highest BCUT2D eigenvalue weighted by atomic mass is 17.2. The van der Waals surface area contributed by atoms with E-state index in [0.29, 0.717) is 6.61 Å². The number of esters is 1. The lowest BCUT2D eigenvalue weighted by molar-refractivity contribution is -0.294. The van der Waals surface area contributed by atoms with Crippen LogP contribution < -0.4 is 0 Å². The first kappa shape index (κ1) is 10.4. The van der Waals surface area contributed by atoms with Crippen LogP contribution in [0.1, 0.15) is 19.8 Å². The van der Waals surface area contributed by atoms with Crippen LogP contribution in [0.3, 0.4) is 0 Å². The van der Waals surface area contributed by atoms with Crippen LogP contribution in [0.25, 0.3) is 0 Å². The van der Waals surface area contributed by atoms with Crippen LogP contribution in [-0.2, 0) is 19.3 Å². The Hall–Kier alpha value is -0.610. The first-order valence-corrected chi connectivity index (χ1v) is 3.62. The largest absolute Gasteiger partial charge is 0.469 e. The van der Waals surface area contributed by atoms with E-state index in [1.54, 1.807) is 0 Å². The van der Waals surface area contributed by atoms with Crippen LogP contribution in [-0.4, -0.2) is 26.3 Å². The molecule has 4 nitrogen and oxygen atoms in total. The fourth-order valence-electron chi connectivity index (χ4n) is 0.428. The van der Waals surface area contributed by atoms with Gasteiger partial charge in [0.2, 0.25) is 0 Å². The number of rotatable bonds is 6. The molecule has 0 amide bonds. The highest BCUT2D eigenvalue weighted by molar-refractivity contribution is 5.69. The van der Waals surface area contributed by atoms with Crippen molar-refractivity contribution in [2.45, 2.75) is 19.8 Å². The molecule has 0 aromatic heterocycles. The van der Waals surface area contributed by atoms with Crippen LogP contribution >= 0.6 is 0 Å². The molecule has 0 saturated carbocycles. The zero-order valence-electron chi connectivity index (χ0n) is 6.96. The Labute approximate surface area is 66.4 Å². The summed E-state index contributed by atoms with van der Waals surface area (Å²) in [7, 11) is 1.34. The highest BCUT2D eigenvalue weighted by Crippen LogP contribution is 1.88. The molecule has 0 N–H and O–H groups in total. The van der Waals surface area contributed by atoms with E-state index in [4.69, 9.17) is 0 Å². The third-order valence-corrected chi connectivity index (χ3v) is 0.988. The summed E-state index contributed by atoms with van der Waals surface area (Å²) in [5.41, 5.74) is 0. The number of methoxy groups -OCH3 is 1. The standard InChI is InChI=1S/C7H14O4/c1-3-5-10-11-6-4-7(8)9-2/h3-6H2,1-2H3. The Morgan fingerprint density at radius 2 is 1.91 bits per heavy atom. The molecule has 66 valence electrons. The van der Waals surface area contributed by atoms with Gasteiger partial charge in [-0.15, -0.1) is 0 Å². The summed E-state index contributed by atoms with van der Waals surface area (Å²) < 4.78 is 4.38. The van der Waals surface area contributed by atoms with Crippen LogP contribution in [0.5, 0.6) is 0 Å². The maximum Gasteiger partial charge on any atom is 0.307 e. The smallest absolute Gasteiger partial charge is 0.307 e. The Morgan fingerprint density at radius 1 is 1.27 bits per heavy atom. The predicted octanol–water partition coefficient (Wildman–Crippen LogP) is 0.908. The quantitative estimate of drug-likeness (QED) is 0.252. The molecule has 0 rings (SSSR count). The van der Waals surface area contributed by atoms with Gasteiger partial charge in [0.1, 0.15) is 0 Å². The molecule has 0 aliphatic heterocycles. The van der Waals surface area contributed by atoms with Gasteiger partial charge in [-0.25, -0.2) is 9.78 Å². The van der Waals surface area contributed by atoms with E-state index in [9.17, 15) is 4.79 Å². The maximum absolute atomic E-state index is 10.5. The van der Waals surface area contributed by atoms with Gasteiger partial charge in [0.15, 0.2) is 0 Å². The summed E-state index contributed by atoms with van der Waals surface area (Å²) in [6, 6.07) is 0. The minimum Gasteiger partial charge on any atom is -0.469 e. The molecule has 0 fully saturated rings. The van der Waals surface area contributed by atoms with Crippen molar-refractivity contribution in [1.82, 2.24) is 0 Å². The molecule has 0 spiro atoms. The first-order valence-electron chi connectivity index (χ1n) is 3.62. The number of hydrogen-bond acceptors (Lipinski definition) is 4. The Bertz CT molecular complexity index is 103. The zero-order chi connectivity index (χ0) is 8.53. The molecule has 0 aliphatic carbocycles. The molecule has 0 radical (unpaired) electrons. The van der Waals surface area contributed by atoms with Gasteiger partial charge in [-0.05, 0) is 6.42 Å². The van der Waals surface area contributed by atoms with Gasteiger partial charge in [-0.3, -0.25) is 4.79 Å². The average Bonchev–Trinajstić information content (AvgIpc) is 2.04. The van der Waals surface area contributed by atoms with Gasteiger partial charge in [0.25, 0.3) is 0 Å². The lowest BCUT2D eigenvalue weighted by atomic mass is 10.5. The third kappa shape index (κ3) is 7.29. The van der Waals surface area contributed by atoms with Crippen molar-refractivity contribution >= 4 is 5.97 Å². The van der Waals surface area contributed by atoms with Crippen molar-refractivity contribution in [2.24, 2.45) is 0 Å². The second-order valence-corrected chi connectivity index (χ2v) is 1.97. The summed E-state index contributed by atoms with van der Waals surface area (Å²) in [6.45, 7) is 2.79. The normalized spacial score (nSPS) is 9.64. The van der Waals surface area contributed by atoms with E-state index in [0.717, 1.165) is 6.42 Å². The second kappa shape index (κ2) is 7.50. The molecule has 0 bridgehead atoms. The number of carbonyl (C=O) groups is 1. The first-order chi connectivity index (χ1) is 5.31. The highest BCUT2D eigenvalue weighted by Gasteiger charge is 1.98. The van der Waals surface area contributed by atoms with E-state index in [-0.39, 0.29) is 19.0 Å². The molecular formula is C7H14O4. The molecule has 4 heteroatoms. The van der Waals surface area contributed by atoms with Crippen molar-refractivity contribution in [3.05, 3.63) is 0 Å². The minimum absolute atomic E-state index is 0.236. The number of ether oxygens (including phenoxy) is 1. The van der Waals surface area contributed by atoms with E-state index < -0.39 is 0 Å². The zero-order valence-corrected chi connectivity index (χ0v) is 6.96. The monoisotopic (exact) mass is 162 g/mol. The lowest BCUT2D eigenvalue weighted by Crippen LogP contribution is -2.06. The Morgan fingerprint density at radius 3 is 2.45 bits per heavy atom. The average molecular weight is 162 g/mol. The summed E-state index contributed by atoms with van der Waals surface area (Å²) >= 11 is 0. The Balaban J connectivity index is 2.95. The SMILES string of the molecule is CCCOOCCC(=O)OC. The summed E-state index contributed by atoms with van der Waals surface area (Å²) in [5, 5.41) is 0. The van der Waals surface area contributed by atoms with Crippen molar-refractivity contribution in [1.29, 1.82) is 0 Å². The van der Waals surface area contributed by atoms with Crippen LogP contribution in [0.15, 0.2) is 0 Å². The van der Waals surface area contributed by atoms with Gasteiger partial charge in [0.05, 0.1) is 26.7 Å². The van der Waals surface area contributed by atoms with E-state index in [2.05, 4.69) is 14.5 Å². The van der Waals surface area contributed by atoms with Gasteiger partial charge < -0.3 is 4.74 Å². The van der Waals surface area contributed by atoms with Crippen molar-refractivity contribution < 1.29 is 19.3 Å². The van der Waals surface area contributed by atoms with Crippen molar-refractivity contribution in [3.8, 4) is 0 Å². The summed E-state index contributed by atoms with van der Waals surface area (Å²) in [6.07, 6.45) is 1.14. The Kier molecular flexibility index (Phi) is 7.08. The molecule has 0 atom stereocenters. The molecule has 0 aromatic rings. The minimum atomic E-state index is -0.287. The van der Waals surface area contributed by atoms with E-state index in [1.807, 2.05) is 6.92 Å². The number of carbonyl (C=O) groups excluding carboxylic acids is 1. The predicted molar refractivity (Wildman–Crippen MR) is 38.8 cm³/mol. The van der Waals surface area contributed by atoms with Crippen molar-refractivity contribution in [2.75, 3.05) is 20.3 Å². The fourth-order valence-corrected chi connectivity index (χ4v) is 0.428. The summed E-state index contributed by atoms with van der Waals surface area (Å²) in [5.74, 6) is -0.287. The molecular weight excluding hydrogens is 148 g/mol. The topological polar surface area (TPSA) is 44.8 Å². The fraction of sp³-hybridized carbons (Fsp3) is 0.857. The van der Waals surface area contributed by atoms with E-state index >= 15 is 0 Å². The molecule has 0 heterocycles. The second-order valence-electron chi connectivity index (χ2n) is 1.97. The summed E-state index contributed by atoms with van der Waals surface area (Å²) in [4.78, 5) is 19.8. The molecule has 0 saturated heterocycles.